The third-order valence-corrected chi connectivity index (χ3v) is 4.80. The monoisotopic (exact) mass is 422 g/mol. The van der Waals surface area contributed by atoms with Gasteiger partial charge in [-0.1, -0.05) is 12.1 Å². The molecule has 0 unspecified atom stereocenters. The standard InChI is InChI=1S/C22H27FN2O3.ClH/c1-27-19-8-5-16(6-9-19)4-2-3-11-24-12-13-28-20-15-18(23)14-17-7-10-21(26)25-22(17)20;/h5-6,8-9,14-15,24H,2-4,7,10-13H2,1H3,(H,25,26);1H. The Morgan fingerprint density at radius 3 is 2.66 bits per heavy atom. The molecule has 0 atom stereocenters. The van der Waals surface area contributed by atoms with E-state index in [-0.39, 0.29) is 24.1 Å². The fraction of sp³-hybridized carbons (Fsp3) is 0.409. The van der Waals surface area contributed by atoms with E-state index >= 15 is 0 Å². The molecule has 1 heterocycles. The predicted molar refractivity (Wildman–Crippen MR) is 115 cm³/mol. The van der Waals surface area contributed by atoms with Crippen molar-refractivity contribution in [3.8, 4) is 11.5 Å². The molecule has 29 heavy (non-hydrogen) atoms. The highest BCUT2D eigenvalue weighted by atomic mass is 35.5. The van der Waals surface area contributed by atoms with Crippen LogP contribution in [-0.2, 0) is 17.6 Å². The largest absolute Gasteiger partial charge is 0.497 e. The van der Waals surface area contributed by atoms with Gasteiger partial charge in [0.15, 0.2) is 0 Å². The van der Waals surface area contributed by atoms with Crippen molar-refractivity contribution in [2.24, 2.45) is 0 Å². The van der Waals surface area contributed by atoms with Gasteiger partial charge in [0, 0.05) is 19.0 Å². The molecule has 2 aromatic carbocycles. The van der Waals surface area contributed by atoms with E-state index in [0.717, 1.165) is 37.1 Å². The zero-order chi connectivity index (χ0) is 19.8. The van der Waals surface area contributed by atoms with Gasteiger partial charge in [0.1, 0.15) is 23.9 Å². The lowest BCUT2D eigenvalue weighted by Gasteiger charge is -2.20. The molecular formula is C22H28ClFN2O3. The Bertz CT molecular complexity index is 799. The number of carbonyl (C=O) groups is 1. The molecule has 0 bridgehead atoms. The zero-order valence-corrected chi connectivity index (χ0v) is 17.4. The van der Waals surface area contributed by atoms with Gasteiger partial charge in [0.25, 0.3) is 0 Å². The Morgan fingerprint density at radius 1 is 1.10 bits per heavy atom. The Labute approximate surface area is 177 Å². The number of anilines is 1. The molecule has 2 aromatic rings. The third kappa shape index (κ3) is 6.91. The number of unbranched alkanes of at least 4 members (excludes halogenated alkanes) is 1. The molecule has 3 rings (SSSR count). The minimum absolute atomic E-state index is 0. The summed E-state index contributed by atoms with van der Waals surface area (Å²) in [4.78, 5) is 11.6. The lowest BCUT2D eigenvalue weighted by Crippen LogP contribution is -2.24. The molecular weight excluding hydrogens is 395 g/mol. The molecule has 0 saturated carbocycles. The first-order chi connectivity index (χ1) is 13.7. The van der Waals surface area contributed by atoms with Crippen molar-refractivity contribution in [3.05, 3.63) is 53.3 Å². The van der Waals surface area contributed by atoms with Gasteiger partial charge in [0.05, 0.1) is 12.8 Å². The Kier molecular flexibility index (Phi) is 9.22. The molecule has 2 N–H and O–H groups in total. The highest BCUT2D eigenvalue weighted by molar-refractivity contribution is 5.95. The summed E-state index contributed by atoms with van der Waals surface area (Å²) in [5.74, 6) is 0.893. The maximum absolute atomic E-state index is 13.7. The number of carbonyl (C=O) groups excluding carboxylic acids is 1. The first kappa shape index (κ1) is 23.0. The molecule has 0 fully saturated rings. The summed E-state index contributed by atoms with van der Waals surface area (Å²) in [5, 5.41) is 6.13. The van der Waals surface area contributed by atoms with Gasteiger partial charge in [-0.15, -0.1) is 12.4 Å². The van der Waals surface area contributed by atoms with Crippen LogP contribution in [-0.4, -0.2) is 32.7 Å². The second-order valence-corrected chi connectivity index (χ2v) is 6.89. The SMILES string of the molecule is COc1ccc(CCCCNCCOc2cc(F)cc3c2NC(=O)CC3)cc1.Cl. The maximum Gasteiger partial charge on any atom is 0.224 e. The van der Waals surface area contributed by atoms with Crippen LogP contribution in [0.15, 0.2) is 36.4 Å². The fourth-order valence-electron chi connectivity index (χ4n) is 3.27. The van der Waals surface area contributed by atoms with E-state index in [4.69, 9.17) is 9.47 Å². The van der Waals surface area contributed by atoms with Crippen molar-refractivity contribution < 1.29 is 18.7 Å². The van der Waals surface area contributed by atoms with Crippen molar-refractivity contribution in [2.45, 2.75) is 32.1 Å². The number of rotatable bonds is 10. The molecule has 1 aliphatic rings. The van der Waals surface area contributed by atoms with Crippen molar-refractivity contribution >= 4 is 24.0 Å². The number of aryl methyl sites for hydroxylation is 2. The lowest BCUT2D eigenvalue weighted by atomic mass is 10.0. The molecule has 0 radical (unpaired) electrons. The number of hydrogen-bond acceptors (Lipinski definition) is 4. The van der Waals surface area contributed by atoms with Crippen LogP contribution in [0.2, 0.25) is 0 Å². The molecule has 1 amide bonds. The van der Waals surface area contributed by atoms with E-state index in [2.05, 4.69) is 22.8 Å². The van der Waals surface area contributed by atoms with E-state index in [9.17, 15) is 9.18 Å². The van der Waals surface area contributed by atoms with E-state index in [1.807, 2.05) is 12.1 Å². The summed E-state index contributed by atoms with van der Waals surface area (Å²) < 4.78 is 24.6. The summed E-state index contributed by atoms with van der Waals surface area (Å²) in [6.07, 6.45) is 4.13. The second-order valence-electron chi connectivity index (χ2n) is 6.89. The van der Waals surface area contributed by atoms with Gasteiger partial charge in [-0.2, -0.15) is 0 Å². The Morgan fingerprint density at radius 2 is 1.90 bits per heavy atom. The lowest BCUT2D eigenvalue weighted by molar-refractivity contribution is -0.116. The molecule has 158 valence electrons. The molecule has 5 nitrogen and oxygen atoms in total. The van der Waals surface area contributed by atoms with Gasteiger partial charge < -0.3 is 20.1 Å². The van der Waals surface area contributed by atoms with Crippen LogP contribution >= 0.6 is 12.4 Å². The Hall–Kier alpha value is -2.31. The molecule has 7 heteroatoms. The van der Waals surface area contributed by atoms with Crippen LogP contribution in [0.1, 0.15) is 30.4 Å². The minimum atomic E-state index is -0.337. The van der Waals surface area contributed by atoms with E-state index < -0.39 is 0 Å². The normalized spacial score (nSPS) is 12.6. The smallest absolute Gasteiger partial charge is 0.224 e. The topological polar surface area (TPSA) is 59.6 Å². The molecule has 0 saturated heterocycles. The number of nitrogens with one attached hydrogen (secondary N) is 2. The highest BCUT2D eigenvalue weighted by Gasteiger charge is 2.20. The minimum Gasteiger partial charge on any atom is -0.497 e. The highest BCUT2D eigenvalue weighted by Crippen LogP contribution is 2.33. The number of ether oxygens (including phenoxy) is 2. The molecule has 0 aliphatic carbocycles. The fourth-order valence-corrected chi connectivity index (χ4v) is 3.27. The number of benzene rings is 2. The van der Waals surface area contributed by atoms with E-state index in [0.29, 0.717) is 37.4 Å². The van der Waals surface area contributed by atoms with Crippen molar-refractivity contribution in [2.75, 3.05) is 32.1 Å². The van der Waals surface area contributed by atoms with Crippen LogP contribution in [0.3, 0.4) is 0 Å². The average molecular weight is 423 g/mol. The summed E-state index contributed by atoms with van der Waals surface area (Å²) in [5.41, 5.74) is 2.71. The molecule has 1 aliphatic heterocycles. The van der Waals surface area contributed by atoms with Gasteiger partial charge in [0.2, 0.25) is 5.91 Å². The van der Waals surface area contributed by atoms with Crippen LogP contribution in [0, 0.1) is 5.82 Å². The van der Waals surface area contributed by atoms with Crippen LogP contribution in [0.4, 0.5) is 10.1 Å². The summed E-state index contributed by atoms with van der Waals surface area (Å²) in [7, 11) is 1.67. The predicted octanol–water partition coefficient (Wildman–Crippen LogP) is 4.13. The van der Waals surface area contributed by atoms with Crippen molar-refractivity contribution in [1.82, 2.24) is 5.32 Å². The van der Waals surface area contributed by atoms with Gasteiger partial charge in [-0.05, 0) is 61.6 Å². The Balaban J connectivity index is 0.00000300. The van der Waals surface area contributed by atoms with E-state index in [1.54, 1.807) is 7.11 Å². The van der Waals surface area contributed by atoms with Gasteiger partial charge in [-0.3, -0.25) is 4.79 Å². The number of amides is 1. The van der Waals surface area contributed by atoms with E-state index in [1.165, 1.54) is 17.7 Å². The third-order valence-electron chi connectivity index (χ3n) is 4.80. The molecule has 0 spiro atoms. The number of halogens is 2. The quantitative estimate of drug-likeness (QED) is 0.565. The van der Waals surface area contributed by atoms with Gasteiger partial charge >= 0.3 is 0 Å². The molecule has 0 aromatic heterocycles. The van der Waals surface area contributed by atoms with Crippen molar-refractivity contribution in [1.29, 1.82) is 0 Å². The van der Waals surface area contributed by atoms with Gasteiger partial charge in [-0.25, -0.2) is 4.39 Å². The second kappa shape index (κ2) is 11.6. The first-order valence-corrected chi connectivity index (χ1v) is 9.74. The van der Waals surface area contributed by atoms with Crippen LogP contribution in [0.5, 0.6) is 11.5 Å². The summed E-state index contributed by atoms with van der Waals surface area (Å²) >= 11 is 0. The van der Waals surface area contributed by atoms with Crippen LogP contribution in [0.25, 0.3) is 0 Å². The summed E-state index contributed by atoms with van der Waals surface area (Å²) in [6.45, 7) is 1.99. The van der Waals surface area contributed by atoms with Crippen molar-refractivity contribution in [3.63, 3.8) is 0 Å². The number of hydrogen-bond donors (Lipinski definition) is 2. The number of fused-ring (bicyclic) bond motifs is 1. The van der Waals surface area contributed by atoms with Crippen LogP contribution < -0.4 is 20.1 Å². The zero-order valence-electron chi connectivity index (χ0n) is 16.6. The average Bonchev–Trinajstić information content (AvgIpc) is 2.70. The summed E-state index contributed by atoms with van der Waals surface area (Å²) in [6, 6.07) is 11.0. The maximum atomic E-state index is 13.7. The number of methoxy groups -OCH3 is 1. The first-order valence-electron chi connectivity index (χ1n) is 9.74.